The monoisotopic (exact) mass is 932 g/mol. The van der Waals surface area contributed by atoms with Crippen molar-refractivity contribution in [3.8, 4) is 33.6 Å². The molecule has 342 valence electrons. The number of hydrogen-bond donors (Lipinski definition) is 5. The van der Waals surface area contributed by atoms with Crippen LogP contribution in [-0.2, 0) is 34.2 Å². The largest absolute Gasteiger partial charge is 0.453 e. The lowest BCUT2D eigenvalue weighted by Crippen LogP contribution is -2.43. The van der Waals surface area contributed by atoms with E-state index in [1.807, 2.05) is 73.0 Å². The minimum Gasteiger partial charge on any atom is -0.453 e. The van der Waals surface area contributed by atoms with Crippen LogP contribution >= 0.6 is 11.8 Å². The molecule has 66 heavy (non-hydrogen) atoms. The first kappa shape index (κ1) is 45.8. The van der Waals surface area contributed by atoms with Gasteiger partial charge in [-0.25, -0.2) is 14.8 Å². The number of alkyl carbamates (subject to hydrolysis) is 1. The molecule has 8 rings (SSSR count). The van der Waals surface area contributed by atoms with E-state index in [2.05, 4.69) is 25.2 Å². The summed E-state index contributed by atoms with van der Waals surface area (Å²) in [5.74, 6) is -0.580. The number of amides is 3. The van der Waals surface area contributed by atoms with E-state index in [1.54, 1.807) is 71.5 Å². The molecule has 2 fully saturated rings. The van der Waals surface area contributed by atoms with Gasteiger partial charge in [0.05, 0.1) is 48.9 Å². The van der Waals surface area contributed by atoms with Crippen molar-refractivity contribution < 1.29 is 41.9 Å². The van der Waals surface area contributed by atoms with Crippen molar-refractivity contribution in [1.82, 2.24) is 35.1 Å². The number of benzene rings is 4. The van der Waals surface area contributed by atoms with Crippen LogP contribution in [0.15, 0.2) is 122 Å². The van der Waals surface area contributed by atoms with Gasteiger partial charge < -0.3 is 34.7 Å². The van der Waals surface area contributed by atoms with E-state index in [4.69, 9.17) is 20.0 Å². The van der Waals surface area contributed by atoms with Crippen LogP contribution in [0, 0.1) is 5.41 Å². The number of carbonyl (C=O) groups is 3. The average molecular weight is 933 g/mol. The number of imidazole rings is 2. The second-order valence-electron chi connectivity index (χ2n) is 15.9. The van der Waals surface area contributed by atoms with Crippen molar-refractivity contribution in [1.29, 1.82) is 5.41 Å². The molecule has 0 saturated carbocycles. The third-order valence-electron chi connectivity index (χ3n) is 12.1. The van der Waals surface area contributed by atoms with Crippen LogP contribution in [0.3, 0.4) is 0 Å². The Morgan fingerprint density at radius 2 is 1.30 bits per heavy atom. The molecule has 0 radical (unpaired) electrons. The third-order valence-corrected chi connectivity index (χ3v) is 14.3. The molecule has 6 atom stereocenters. The van der Waals surface area contributed by atoms with E-state index in [1.165, 1.54) is 12.0 Å². The number of aromatic amines is 2. The first-order chi connectivity index (χ1) is 31.9. The first-order valence-corrected chi connectivity index (χ1v) is 23.9. The summed E-state index contributed by atoms with van der Waals surface area (Å²) in [5.41, 5.74) is 6.33. The molecule has 6 aromatic rings. The predicted molar refractivity (Wildman–Crippen MR) is 248 cm³/mol. The maximum absolute atomic E-state index is 14.2. The van der Waals surface area contributed by atoms with E-state index in [9.17, 15) is 27.4 Å². The molecule has 3 amide bonds. The maximum atomic E-state index is 14.2. The van der Waals surface area contributed by atoms with Crippen LogP contribution in [0.4, 0.5) is 4.79 Å². The number of methoxy groups -OCH3 is 1. The van der Waals surface area contributed by atoms with Crippen LogP contribution in [0.1, 0.15) is 59.7 Å². The van der Waals surface area contributed by atoms with Crippen molar-refractivity contribution in [3.05, 3.63) is 144 Å². The smallest absolute Gasteiger partial charge is 0.407 e. The number of H-pyrrole nitrogens is 2. The molecule has 5 N–H and O–H groups in total. The average Bonchev–Trinajstić information content (AvgIpc) is 4.19. The van der Waals surface area contributed by atoms with Crippen molar-refractivity contribution in [2.24, 2.45) is 0 Å². The summed E-state index contributed by atoms with van der Waals surface area (Å²) in [6, 6.07) is 31.7. The molecule has 2 aliphatic heterocycles. The number of nitrogens with one attached hydrogen (secondary N) is 4. The van der Waals surface area contributed by atoms with Gasteiger partial charge in [-0.1, -0.05) is 109 Å². The molecular formula is C47H48N8O9S2. The molecule has 0 bridgehead atoms. The molecule has 0 aliphatic carbocycles. The van der Waals surface area contributed by atoms with Crippen LogP contribution in [0.2, 0.25) is 0 Å². The molecule has 19 heteroatoms. The highest BCUT2D eigenvalue weighted by atomic mass is 32.2. The highest BCUT2D eigenvalue weighted by molar-refractivity contribution is 7.99. The Hall–Kier alpha value is -6.80. The van der Waals surface area contributed by atoms with Gasteiger partial charge in [0.25, 0.3) is 16.0 Å². The summed E-state index contributed by atoms with van der Waals surface area (Å²) >= 11 is 1.69. The van der Waals surface area contributed by atoms with Gasteiger partial charge >= 0.3 is 6.09 Å². The Kier molecular flexibility index (Phi) is 14.0. The second kappa shape index (κ2) is 20.2. The number of thioether (sulfide) groups is 1. The van der Waals surface area contributed by atoms with Gasteiger partial charge in [0.2, 0.25) is 12.3 Å². The predicted octanol–water partition coefficient (Wildman–Crippen LogP) is 7.10. The van der Waals surface area contributed by atoms with Gasteiger partial charge in [-0.3, -0.25) is 19.6 Å². The van der Waals surface area contributed by atoms with Crippen molar-refractivity contribution in [3.63, 3.8) is 0 Å². The zero-order valence-electron chi connectivity index (χ0n) is 35.9. The highest BCUT2D eigenvalue weighted by Gasteiger charge is 2.45. The number of carbonyl (C=O) groups excluding carboxylic acids is 3. The number of likely N-dealkylation sites (tertiary alicyclic amines) is 2. The SMILES string of the molecule is COC(=O)N[C@H](C(=O)N1C[C@@H](SC)C[C@H]1c1ncc(-c2ccc(-c3ccc(-c4cnc([C@@H]5C[C@H](S(=O)(=O)O)CN5C(=O)[C@@H](COOC=N)c5ccccc5)[nH]4)cc3)cc2)[nH]1)c1ccccc1. The summed E-state index contributed by atoms with van der Waals surface area (Å²) in [7, 11) is -3.23. The van der Waals surface area contributed by atoms with Gasteiger partial charge in [0, 0.05) is 18.3 Å². The Morgan fingerprint density at radius 1 is 0.788 bits per heavy atom. The third kappa shape index (κ3) is 10.0. The van der Waals surface area contributed by atoms with Crippen LogP contribution in [0.25, 0.3) is 33.6 Å². The lowest BCUT2D eigenvalue weighted by molar-refractivity contribution is -0.221. The van der Waals surface area contributed by atoms with Gasteiger partial charge in [0.1, 0.15) is 29.5 Å². The molecule has 2 aliphatic rings. The van der Waals surface area contributed by atoms with Crippen LogP contribution in [-0.4, -0.2) is 111 Å². The van der Waals surface area contributed by atoms with E-state index in [0.29, 0.717) is 47.8 Å². The first-order valence-electron chi connectivity index (χ1n) is 21.1. The highest BCUT2D eigenvalue weighted by Crippen LogP contribution is 2.40. The van der Waals surface area contributed by atoms with Gasteiger partial charge in [-0.05, 0) is 52.5 Å². The summed E-state index contributed by atoms with van der Waals surface area (Å²) in [5, 5.41) is 8.79. The molecule has 0 unspecified atom stereocenters. The fourth-order valence-electron chi connectivity index (χ4n) is 8.59. The number of hydrogen-bond acceptors (Lipinski definition) is 12. The van der Waals surface area contributed by atoms with E-state index >= 15 is 0 Å². The number of aromatic nitrogens is 4. The minimum atomic E-state index is -4.50. The van der Waals surface area contributed by atoms with Gasteiger partial charge in [-0.15, -0.1) is 0 Å². The molecule has 2 saturated heterocycles. The normalized spacial score (nSPS) is 19.3. The Balaban J connectivity index is 0.967. The molecular weight excluding hydrogens is 885 g/mol. The molecule has 17 nitrogen and oxygen atoms in total. The van der Waals surface area contributed by atoms with Crippen molar-refractivity contribution in [2.45, 2.75) is 47.4 Å². The molecule has 0 spiro atoms. The topological polar surface area (TPSA) is 233 Å². The minimum absolute atomic E-state index is 0.0752. The molecule has 2 aromatic heterocycles. The lowest BCUT2D eigenvalue weighted by atomic mass is 9.98. The fourth-order valence-corrected chi connectivity index (χ4v) is 10.0. The van der Waals surface area contributed by atoms with Crippen molar-refractivity contribution in [2.75, 3.05) is 33.1 Å². The molecule has 4 aromatic carbocycles. The van der Waals surface area contributed by atoms with E-state index in [-0.39, 0.29) is 36.8 Å². The number of nitrogens with zero attached hydrogens (tertiary/aromatic N) is 4. The Bertz CT molecular complexity index is 2750. The standard InChI is InChI=1S/C47H48N8O9S2/c1-62-47(58)53-42(34-11-7-4-8-12-34)46(57)54-25-35(65-2)21-40(54)43-49-23-38(51-43)32-17-13-29(14-18-32)30-15-19-33(20-16-30)39-24-50-44(52-39)41-22-36(66(59,60)61)26-55(41)45(56)37(27-63-64-28-48)31-9-5-3-6-10-31/h3-20,23-24,28,35-37,40-42,48H,21-22,25-27H2,1-2H3,(H,49,51)(H,50,52)(H,53,58)(H,59,60,61)/t35-,36-,37-,40-,41-,42-/m0/s1. The van der Waals surface area contributed by atoms with Crippen LogP contribution < -0.4 is 5.32 Å². The van der Waals surface area contributed by atoms with Gasteiger partial charge in [0.15, 0.2) is 0 Å². The molecule has 4 heterocycles. The zero-order chi connectivity index (χ0) is 46.4. The summed E-state index contributed by atoms with van der Waals surface area (Å²) in [6.45, 7) is 0.00206. The van der Waals surface area contributed by atoms with Crippen LogP contribution in [0.5, 0.6) is 0 Å². The Labute approximate surface area is 385 Å². The lowest BCUT2D eigenvalue weighted by Gasteiger charge is -2.28. The van der Waals surface area contributed by atoms with E-state index in [0.717, 1.165) is 27.9 Å². The summed E-state index contributed by atoms with van der Waals surface area (Å²) < 4.78 is 39.7. The van der Waals surface area contributed by atoms with Gasteiger partial charge in [-0.2, -0.15) is 25.1 Å². The zero-order valence-corrected chi connectivity index (χ0v) is 37.6. The quantitative estimate of drug-likeness (QED) is 0.0163. The summed E-state index contributed by atoms with van der Waals surface area (Å²) in [6.07, 6.45) is 5.93. The Morgan fingerprint density at radius 3 is 1.82 bits per heavy atom. The van der Waals surface area contributed by atoms with Crippen molar-refractivity contribution >= 4 is 46.2 Å². The fraction of sp³-hybridized carbons (Fsp3) is 0.277. The number of rotatable bonds is 16. The second-order valence-corrected chi connectivity index (χ2v) is 18.8. The number of ether oxygens (including phenoxy) is 1. The maximum Gasteiger partial charge on any atom is 0.407 e. The van der Waals surface area contributed by atoms with E-state index < -0.39 is 45.4 Å². The summed E-state index contributed by atoms with van der Waals surface area (Å²) in [4.78, 5) is 69.6.